The predicted molar refractivity (Wildman–Crippen MR) is 80.8 cm³/mol. The van der Waals surface area contributed by atoms with Crippen molar-refractivity contribution in [3.63, 3.8) is 0 Å². The molecule has 0 saturated heterocycles. The minimum Gasteiger partial charge on any atom is -0.339 e. The molecule has 116 valence electrons. The van der Waals surface area contributed by atoms with Crippen molar-refractivity contribution in [2.75, 3.05) is 0 Å². The van der Waals surface area contributed by atoms with Crippen LogP contribution >= 0.6 is 0 Å². The maximum absolute atomic E-state index is 6.14. The van der Waals surface area contributed by atoms with Gasteiger partial charge in [0.05, 0.1) is 5.92 Å². The second kappa shape index (κ2) is 4.80. The molecule has 4 aliphatic rings. The first kappa shape index (κ1) is 13.7. The first-order valence-electron chi connectivity index (χ1n) is 8.69. The van der Waals surface area contributed by atoms with E-state index in [1.807, 2.05) is 0 Å². The molecule has 1 aromatic heterocycles. The van der Waals surface area contributed by atoms with Crippen LogP contribution in [0.25, 0.3) is 0 Å². The molecule has 1 aromatic rings. The highest BCUT2D eigenvalue weighted by Crippen LogP contribution is 2.60. The lowest BCUT2D eigenvalue weighted by Crippen LogP contribution is -2.49. The Kier molecular flexibility index (Phi) is 3.14. The highest BCUT2D eigenvalue weighted by molar-refractivity contribution is 5.17. The summed E-state index contributed by atoms with van der Waals surface area (Å²) < 4.78 is 5.60. The van der Waals surface area contributed by atoms with Gasteiger partial charge in [-0.2, -0.15) is 4.98 Å². The molecule has 4 aliphatic carbocycles. The van der Waals surface area contributed by atoms with Gasteiger partial charge in [0, 0.05) is 11.5 Å². The Bertz CT molecular complexity index is 489. The highest BCUT2D eigenvalue weighted by atomic mass is 16.5. The SMILES string of the molecule is CCC(N)C(C)c1nc(C23CC4CC(CC(C4)C2)C3)no1. The van der Waals surface area contributed by atoms with Crippen molar-refractivity contribution in [1.82, 2.24) is 10.1 Å². The van der Waals surface area contributed by atoms with Crippen LogP contribution in [0.2, 0.25) is 0 Å². The summed E-state index contributed by atoms with van der Waals surface area (Å²) in [6, 6.07) is 0.106. The third-order valence-electron chi connectivity index (χ3n) is 6.46. The van der Waals surface area contributed by atoms with E-state index < -0.39 is 0 Å². The van der Waals surface area contributed by atoms with Gasteiger partial charge in [-0.25, -0.2) is 0 Å². The van der Waals surface area contributed by atoms with E-state index in [9.17, 15) is 0 Å². The Balaban J connectivity index is 1.61. The number of hydrogen-bond donors (Lipinski definition) is 1. The molecule has 4 fully saturated rings. The van der Waals surface area contributed by atoms with E-state index >= 15 is 0 Å². The molecular weight excluding hydrogens is 262 g/mol. The minimum absolute atomic E-state index is 0.106. The van der Waals surface area contributed by atoms with Crippen molar-refractivity contribution in [3.05, 3.63) is 11.7 Å². The van der Waals surface area contributed by atoms with E-state index in [0.717, 1.165) is 35.9 Å². The van der Waals surface area contributed by atoms with Crippen molar-refractivity contribution >= 4 is 0 Å². The van der Waals surface area contributed by atoms with Crippen LogP contribution in [0.5, 0.6) is 0 Å². The van der Waals surface area contributed by atoms with E-state index in [2.05, 4.69) is 19.0 Å². The molecule has 4 nitrogen and oxygen atoms in total. The Morgan fingerprint density at radius 1 is 1.19 bits per heavy atom. The number of aromatic nitrogens is 2. The van der Waals surface area contributed by atoms with Crippen molar-refractivity contribution in [2.24, 2.45) is 23.5 Å². The van der Waals surface area contributed by atoms with Crippen molar-refractivity contribution in [2.45, 2.75) is 76.2 Å². The second-order valence-electron chi connectivity index (χ2n) is 8.01. The van der Waals surface area contributed by atoms with Crippen molar-refractivity contribution < 1.29 is 4.52 Å². The van der Waals surface area contributed by atoms with Crippen LogP contribution in [0, 0.1) is 17.8 Å². The second-order valence-corrected chi connectivity index (χ2v) is 8.01. The minimum atomic E-state index is 0.106. The lowest BCUT2D eigenvalue weighted by molar-refractivity contribution is -0.0103. The fourth-order valence-corrected chi connectivity index (χ4v) is 5.56. The van der Waals surface area contributed by atoms with E-state index in [1.165, 1.54) is 38.5 Å². The van der Waals surface area contributed by atoms with Gasteiger partial charge in [-0.3, -0.25) is 0 Å². The molecule has 4 bridgehead atoms. The van der Waals surface area contributed by atoms with Crippen LogP contribution in [-0.2, 0) is 5.41 Å². The van der Waals surface area contributed by atoms with Gasteiger partial charge in [0.15, 0.2) is 5.82 Å². The number of hydrogen-bond acceptors (Lipinski definition) is 4. The number of nitrogens with two attached hydrogens (primary N) is 1. The summed E-state index contributed by atoms with van der Waals surface area (Å²) in [4.78, 5) is 4.81. The largest absolute Gasteiger partial charge is 0.339 e. The van der Waals surface area contributed by atoms with Gasteiger partial charge < -0.3 is 10.3 Å². The molecule has 5 rings (SSSR count). The zero-order valence-electron chi connectivity index (χ0n) is 13.2. The smallest absolute Gasteiger partial charge is 0.231 e. The molecular formula is C17H27N3O. The molecule has 21 heavy (non-hydrogen) atoms. The first-order chi connectivity index (χ1) is 10.1. The molecule has 2 unspecified atom stereocenters. The maximum atomic E-state index is 6.14. The summed E-state index contributed by atoms with van der Waals surface area (Å²) in [6.07, 6.45) is 9.13. The fourth-order valence-electron chi connectivity index (χ4n) is 5.56. The van der Waals surface area contributed by atoms with Crippen LogP contribution in [-0.4, -0.2) is 16.2 Å². The molecule has 2 N–H and O–H groups in total. The number of rotatable bonds is 4. The molecule has 4 heteroatoms. The summed E-state index contributed by atoms with van der Waals surface area (Å²) >= 11 is 0. The summed E-state index contributed by atoms with van der Waals surface area (Å²) in [5.74, 6) is 4.63. The topological polar surface area (TPSA) is 64.9 Å². The lowest BCUT2D eigenvalue weighted by atomic mass is 9.49. The lowest BCUT2D eigenvalue weighted by Gasteiger charge is -2.55. The Labute approximate surface area is 126 Å². The molecule has 0 spiro atoms. The summed E-state index contributed by atoms with van der Waals surface area (Å²) in [6.45, 7) is 4.21. The normalized spacial score (nSPS) is 40.4. The van der Waals surface area contributed by atoms with Gasteiger partial charge in [-0.15, -0.1) is 0 Å². The zero-order valence-corrected chi connectivity index (χ0v) is 13.2. The Morgan fingerprint density at radius 2 is 1.76 bits per heavy atom. The first-order valence-corrected chi connectivity index (χ1v) is 8.69. The molecule has 2 atom stereocenters. The molecule has 0 amide bonds. The van der Waals surface area contributed by atoms with E-state index in [1.54, 1.807) is 0 Å². The van der Waals surface area contributed by atoms with Gasteiger partial charge in [0.25, 0.3) is 0 Å². The van der Waals surface area contributed by atoms with Crippen LogP contribution in [0.4, 0.5) is 0 Å². The van der Waals surface area contributed by atoms with E-state index in [4.69, 9.17) is 15.2 Å². The molecule has 0 aliphatic heterocycles. The maximum Gasteiger partial charge on any atom is 0.231 e. The van der Waals surface area contributed by atoms with Gasteiger partial charge in [0.2, 0.25) is 5.89 Å². The third-order valence-corrected chi connectivity index (χ3v) is 6.46. The van der Waals surface area contributed by atoms with Crippen LogP contribution in [0.1, 0.15) is 76.4 Å². The standard InChI is InChI=1S/C17H27N3O/c1-3-14(18)10(2)15-19-16(20-21-15)17-7-11-4-12(8-17)6-13(5-11)9-17/h10-14H,3-9,18H2,1-2H3. The van der Waals surface area contributed by atoms with Gasteiger partial charge >= 0.3 is 0 Å². The summed E-state index contributed by atoms with van der Waals surface area (Å²) in [5, 5.41) is 4.40. The summed E-state index contributed by atoms with van der Waals surface area (Å²) in [5.41, 5.74) is 6.36. The highest BCUT2D eigenvalue weighted by Gasteiger charge is 2.53. The van der Waals surface area contributed by atoms with Crippen LogP contribution in [0.15, 0.2) is 4.52 Å². The molecule has 1 heterocycles. The van der Waals surface area contributed by atoms with Crippen LogP contribution < -0.4 is 5.73 Å². The molecule has 0 radical (unpaired) electrons. The monoisotopic (exact) mass is 289 g/mol. The van der Waals surface area contributed by atoms with Gasteiger partial charge in [0.1, 0.15) is 0 Å². The zero-order chi connectivity index (χ0) is 14.6. The summed E-state index contributed by atoms with van der Waals surface area (Å²) in [7, 11) is 0. The Hall–Kier alpha value is -0.900. The van der Waals surface area contributed by atoms with Crippen molar-refractivity contribution in [1.29, 1.82) is 0 Å². The van der Waals surface area contributed by atoms with Gasteiger partial charge in [-0.1, -0.05) is 19.0 Å². The quantitative estimate of drug-likeness (QED) is 0.923. The number of nitrogens with zero attached hydrogens (tertiary/aromatic N) is 2. The van der Waals surface area contributed by atoms with Crippen LogP contribution in [0.3, 0.4) is 0 Å². The average molecular weight is 289 g/mol. The van der Waals surface area contributed by atoms with E-state index in [0.29, 0.717) is 0 Å². The molecule has 4 saturated carbocycles. The predicted octanol–water partition coefficient (Wildman–Crippen LogP) is 3.38. The van der Waals surface area contributed by atoms with E-state index in [-0.39, 0.29) is 17.4 Å². The third kappa shape index (κ3) is 2.14. The fraction of sp³-hybridized carbons (Fsp3) is 0.882. The average Bonchev–Trinajstić information content (AvgIpc) is 2.94. The Morgan fingerprint density at radius 3 is 2.29 bits per heavy atom. The molecule has 0 aromatic carbocycles. The van der Waals surface area contributed by atoms with Crippen molar-refractivity contribution in [3.8, 4) is 0 Å². The van der Waals surface area contributed by atoms with Gasteiger partial charge in [-0.05, 0) is 62.7 Å².